The van der Waals surface area contributed by atoms with Gasteiger partial charge < -0.3 is 14.2 Å². The van der Waals surface area contributed by atoms with Crippen molar-refractivity contribution >= 4 is 33.5 Å². The maximum absolute atomic E-state index is 13.4. The largest absolute Gasteiger partial charge is 0.455 e. The molecule has 0 N–H and O–H groups in total. The van der Waals surface area contributed by atoms with Gasteiger partial charge in [-0.05, 0) is 76.9 Å². The Hall–Kier alpha value is -3.70. The highest BCUT2D eigenvalue weighted by Crippen LogP contribution is 2.56. The van der Waals surface area contributed by atoms with Crippen LogP contribution in [0.4, 0.5) is 0 Å². The number of ether oxygens (including phenoxy) is 3. The van der Waals surface area contributed by atoms with Crippen molar-refractivity contribution < 1.29 is 23.8 Å². The number of benzene rings is 4. The monoisotopic (exact) mass is 506 g/mol. The molecule has 0 radical (unpaired) electrons. The van der Waals surface area contributed by atoms with Crippen LogP contribution in [0.1, 0.15) is 40.0 Å². The van der Waals surface area contributed by atoms with Crippen LogP contribution in [-0.4, -0.2) is 37.4 Å². The summed E-state index contributed by atoms with van der Waals surface area (Å²) in [5, 5.41) is 4.14. The number of hydrogen-bond acceptors (Lipinski definition) is 5. The molecule has 0 spiro atoms. The molecular formula is C33H30O5. The molecule has 0 aromatic heterocycles. The minimum atomic E-state index is -0.480. The van der Waals surface area contributed by atoms with Crippen molar-refractivity contribution in [3.8, 4) is 0 Å². The van der Waals surface area contributed by atoms with Gasteiger partial charge in [0, 0.05) is 18.4 Å². The molecular weight excluding hydrogens is 476 g/mol. The number of fused-ring (bicyclic) bond motifs is 7. The first-order valence-corrected chi connectivity index (χ1v) is 13.6. The van der Waals surface area contributed by atoms with E-state index in [1.54, 1.807) is 0 Å². The van der Waals surface area contributed by atoms with Crippen LogP contribution in [0.5, 0.6) is 0 Å². The Bertz CT molecular complexity index is 1410. The molecule has 4 aromatic rings. The summed E-state index contributed by atoms with van der Waals surface area (Å²) in [6.45, 7) is 1.44. The Morgan fingerprint density at radius 1 is 0.632 bits per heavy atom. The molecule has 1 saturated heterocycles. The SMILES string of the molecule is O=C(OC1C2CC(C3COCCCC32)C1OC(=O)c1ccc2ccccc2c1)c1ccc2ccccc2c1. The Kier molecular flexibility index (Phi) is 5.89. The average Bonchev–Trinajstić information content (AvgIpc) is 3.36. The second kappa shape index (κ2) is 9.55. The highest BCUT2D eigenvalue weighted by molar-refractivity contribution is 5.96. The molecule has 1 aliphatic heterocycles. The molecule has 38 heavy (non-hydrogen) atoms. The summed E-state index contributed by atoms with van der Waals surface area (Å²) in [5.41, 5.74) is 1.03. The smallest absolute Gasteiger partial charge is 0.338 e. The zero-order chi connectivity index (χ0) is 25.6. The minimum Gasteiger partial charge on any atom is -0.455 e. The first-order valence-electron chi connectivity index (χ1n) is 13.6. The van der Waals surface area contributed by atoms with Crippen molar-refractivity contribution in [2.24, 2.45) is 23.7 Å². The normalized spacial score (nSPS) is 28.1. The van der Waals surface area contributed by atoms with E-state index < -0.39 is 12.2 Å². The topological polar surface area (TPSA) is 61.8 Å². The number of hydrogen-bond donors (Lipinski definition) is 0. The molecule has 6 atom stereocenters. The molecule has 2 saturated carbocycles. The maximum atomic E-state index is 13.4. The van der Waals surface area contributed by atoms with E-state index in [-0.39, 0.29) is 23.8 Å². The fourth-order valence-electron chi connectivity index (χ4n) is 7.18. The second-order valence-electron chi connectivity index (χ2n) is 11.0. The number of esters is 2. The summed E-state index contributed by atoms with van der Waals surface area (Å²) < 4.78 is 18.4. The first-order chi connectivity index (χ1) is 18.7. The molecule has 5 nitrogen and oxygen atoms in total. The number of carbonyl (C=O) groups excluding carboxylic acids is 2. The fraction of sp³-hybridized carbons (Fsp3) is 0.333. The van der Waals surface area contributed by atoms with Gasteiger partial charge in [-0.25, -0.2) is 9.59 Å². The van der Waals surface area contributed by atoms with Gasteiger partial charge in [-0.1, -0.05) is 60.7 Å². The lowest BCUT2D eigenvalue weighted by atomic mass is 9.75. The van der Waals surface area contributed by atoms with Crippen LogP contribution < -0.4 is 0 Å². The van der Waals surface area contributed by atoms with Gasteiger partial charge in [-0.15, -0.1) is 0 Å². The molecule has 7 rings (SSSR count). The molecule has 3 aliphatic rings. The van der Waals surface area contributed by atoms with E-state index in [9.17, 15) is 9.59 Å². The predicted molar refractivity (Wildman–Crippen MR) is 145 cm³/mol. The van der Waals surface area contributed by atoms with Gasteiger partial charge in [0.05, 0.1) is 17.7 Å². The Balaban J connectivity index is 1.17. The van der Waals surface area contributed by atoms with E-state index >= 15 is 0 Å². The first kappa shape index (κ1) is 23.4. The average molecular weight is 507 g/mol. The highest BCUT2D eigenvalue weighted by atomic mass is 16.6. The van der Waals surface area contributed by atoms with Crippen LogP contribution in [-0.2, 0) is 14.2 Å². The molecule has 0 amide bonds. The number of rotatable bonds is 4. The highest BCUT2D eigenvalue weighted by Gasteiger charge is 2.61. The van der Waals surface area contributed by atoms with Crippen molar-refractivity contribution in [3.05, 3.63) is 96.1 Å². The van der Waals surface area contributed by atoms with Crippen LogP contribution in [0, 0.1) is 23.7 Å². The van der Waals surface area contributed by atoms with Crippen LogP contribution >= 0.6 is 0 Å². The van der Waals surface area contributed by atoms with Crippen molar-refractivity contribution in [1.29, 1.82) is 0 Å². The molecule has 5 heteroatoms. The third kappa shape index (κ3) is 4.06. The van der Waals surface area contributed by atoms with Gasteiger partial charge in [0.1, 0.15) is 12.2 Å². The molecule has 3 fully saturated rings. The fourth-order valence-corrected chi connectivity index (χ4v) is 7.18. The molecule has 4 aromatic carbocycles. The van der Waals surface area contributed by atoms with Crippen molar-refractivity contribution in [2.75, 3.05) is 13.2 Å². The van der Waals surface area contributed by atoms with Crippen LogP contribution in [0.15, 0.2) is 84.9 Å². The van der Waals surface area contributed by atoms with Crippen molar-refractivity contribution in [3.63, 3.8) is 0 Å². The van der Waals surface area contributed by atoms with E-state index in [4.69, 9.17) is 14.2 Å². The van der Waals surface area contributed by atoms with E-state index in [1.165, 1.54) is 0 Å². The zero-order valence-electron chi connectivity index (χ0n) is 21.1. The van der Waals surface area contributed by atoms with Crippen LogP contribution in [0.25, 0.3) is 21.5 Å². The lowest BCUT2D eigenvalue weighted by Gasteiger charge is -2.39. The lowest BCUT2D eigenvalue weighted by molar-refractivity contribution is -0.0872. The summed E-state index contributed by atoms with van der Waals surface area (Å²) in [4.78, 5) is 26.8. The Morgan fingerprint density at radius 2 is 1.16 bits per heavy atom. The molecule has 1 heterocycles. The molecule has 2 aliphatic carbocycles. The minimum absolute atomic E-state index is 0.127. The zero-order valence-corrected chi connectivity index (χ0v) is 21.1. The van der Waals surface area contributed by atoms with Gasteiger partial charge in [0.25, 0.3) is 0 Å². The molecule has 192 valence electrons. The lowest BCUT2D eigenvalue weighted by Crippen LogP contribution is -2.47. The van der Waals surface area contributed by atoms with Gasteiger partial charge in [0.2, 0.25) is 0 Å². The number of carbonyl (C=O) groups is 2. The third-order valence-corrected chi connectivity index (χ3v) is 8.95. The second-order valence-corrected chi connectivity index (χ2v) is 11.0. The Morgan fingerprint density at radius 3 is 1.74 bits per heavy atom. The quantitative estimate of drug-likeness (QED) is 0.298. The summed E-state index contributed by atoms with van der Waals surface area (Å²) in [6, 6.07) is 27.2. The van der Waals surface area contributed by atoms with E-state index in [0.717, 1.165) is 47.4 Å². The third-order valence-electron chi connectivity index (χ3n) is 8.95. The van der Waals surface area contributed by atoms with E-state index in [2.05, 4.69) is 0 Å². The van der Waals surface area contributed by atoms with Gasteiger partial charge in [-0.3, -0.25) is 0 Å². The standard InChI is InChI=1S/C33H30O5/c34-32(24-13-11-20-6-1-3-8-22(20)16-24)37-30-27-18-28(29-19-36-15-5-10-26(27)29)31(30)38-33(35)25-14-12-21-7-2-4-9-23(21)17-25/h1-4,6-9,11-14,16-17,26-31H,5,10,15,18-19H2. The van der Waals surface area contributed by atoms with Crippen molar-refractivity contribution in [1.82, 2.24) is 0 Å². The summed E-state index contributed by atoms with van der Waals surface area (Å²) in [6.07, 6.45) is 2.02. The van der Waals surface area contributed by atoms with Crippen LogP contribution in [0.2, 0.25) is 0 Å². The van der Waals surface area contributed by atoms with E-state index in [1.807, 2.05) is 84.9 Å². The van der Waals surface area contributed by atoms with Crippen molar-refractivity contribution in [2.45, 2.75) is 31.5 Å². The molecule has 6 unspecified atom stereocenters. The van der Waals surface area contributed by atoms with Gasteiger partial charge in [0.15, 0.2) is 0 Å². The van der Waals surface area contributed by atoms with Gasteiger partial charge >= 0.3 is 11.9 Å². The summed E-state index contributed by atoms with van der Waals surface area (Å²) in [7, 11) is 0. The van der Waals surface area contributed by atoms with Crippen LogP contribution in [0.3, 0.4) is 0 Å². The molecule has 2 bridgehead atoms. The summed E-state index contributed by atoms with van der Waals surface area (Å²) in [5.74, 6) is 0.320. The maximum Gasteiger partial charge on any atom is 0.338 e. The summed E-state index contributed by atoms with van der Waals surface area (Å²) >= 11 is 0. The van der Waals surface area contributed by atoms with E-state index in [0.29, 0.717) is 29.6 Å². The Labute approximate surface area is 221 Å². The predicted octanol–water partition coefficient (Wildman–Crippen LogP) is 6.44. The van der Waals surface area contributed by atoms with Gasteiger partial charge in [-0.2, -0.15) is 0 Å².